The Morgan fingerprint density at radius 3 is 1.85 bits per heavy atom. The van der Waals surface area contributed by atoms with Crippen molar-refractivity contribution in [2.24, 2.45) is 0 Å². The number of fused-ring (bicyclic) bond motifs is 14. The van der Waals surface area contributed by atoms with Crippen LogP contribution in [0.5, 0.6) is 0 Å². The summed E-state index contributed by atoms with van der Waals surface area (Å²) < 4.78 is 11.4. The van der Waals surface area contributed by atoms with Gasteiger partial charge in [-0.3, -0.25) is 4.57 Å². The Morgan fingerprint density at radius 1 is 0.418 bits per heavy atom. The molecule has 0 bridgehead atoms. The van der Waals surface area contributed by atoms with Gasteiger partial charge in [-0.15, -0.1) is 0 Å². The lowest BCUT2D eigenvalue weighted by Crippen LogP contribution is -2.03. The Bertz CT molecular complexity index is 3700. The zero-order valence-electron chi connectivity index (χ0n) is 29.4. The summed E-state index contributed by atoms with van der Waals surface area (Å²) in [4.78, 5) is 10.9. The van der Waals surface area contributed by atoms with Gasteiger partial charge in [-0.2, -0.15) is 0 Å². The fraction of sp³-hybridized carbons (Fsp3) is 0. The number of benzene rings is 8. The van der Waals surface area contributed by atoms with E-state index in [9.17, 15) is 0 Å². The Labute approximate surface area is 313 Å². The molecular weight excluding hydrogens is 673 g/mol. The Hall–Kier alpha value is -7.50. The molecule has 0 atom stereocenters. The summed E-state index contributed by atoms with van der Waals surface area (Å²) >= 11 is 0. The van der Waals surface area contributed by atoms with Gasteiger partial charge in [0, 0.05) is 43.3 Å². The zero-order chi connectivity index (χ0) is 35.8. The van der Waals surface area contributed by atoms with Gasteiger partial charge in [-0.1, -0.05) is 127 Å². The second kappa shape index (κ2) is 10.6. The molecule has 0 aliphatic heterocycles. The van der Waals surface area contributed by atoms with Crippen LogP contribution in [0.2, 0.25) is 0 Å². The summed E-state index contributed by atoms with van der Waals surface area (Å²) in [7, 11) is 0. The summed E-state index contributed by atoms with van der Waals surface area (Å²) in [5.74, 6) is 0.611. The molecule has 254 valence electrons. The number of aromatic nitrogens is 4. The minimum atomic E-state index is 0.611. The summed E-state index contributed by atoms with van der Waals surface area (Å²) in [6.45, 7) is 0. The van der Waals surface area contributed by atoms with Crippen molar-refractivity contribution in [1.82, 2.24) is 18.9 Å². The summed E-state index contributed by atoms with van der Waals surface area (Å²) in [6.07, 6.45) is 0. The summed E-state index contributed by atoms with van der Waals surface area (Å²) in [5.41, 5.74) is 12.1. The lowest BCUT2D eigenvalue weighted by atomic mass is 10.0. The fourth-order valence-corrected chi connectivity index (χ4v) is 9.22. The average molecular weight is 701 g/mol. The third kappa shape index (κ3) is 3.86. The number of hydrogen-bond donors (Lipinski definition) is 0. The number of nitrogens with zero attached hydrogens (tertiary/aromatic N) is 4. The van der Waals surface area contributed by atoms with Crippen molar-refractivity contribution in [3.8, 4) is 28.3 Å². The molecule has 0 amide bonds. The van der Waals surface area contributed by atoms with E-state index in [0.29, 0.717) is 11.5 Å². The molecular formula is C50H28N4O. The molecule has 0 spiro atoms. The molecule has 0 N–H and O–H groups in total. The first-order valence-electron chi connectivity index (χ1n) is 18.7. The highest BCUT2D eigenvalue weighted by molar-refractivity contribution is 6.34. The SMILES string of the molecule is c1ccc(-c2ccc(-c3nc(-n4c5ccccc5c5cc6c7ccccc7n7c8cc9ccccc9cc8c(c54)c67)nc4c3oc3ccccc34)cc2)cc1. The predicted molar refractivity (Wildman–Crippen MR) is 227 cm³/mol. The van der Waals surface area contributed by atoms with E-state index in [2.05, 4.69) is 155 Å². The van der Waals surface area contributed by atoms with Crippen LogP contribution in [0.15, 0.2) is 174 Å². The van der Waals surface area contributed by atoms with Gasteiger partial charge < -0.3 is 8.82 Å². The topological polar surface area (TPSA) is 48.3 Å². The third-order valence-electron chi connectivity index (χ3n) is 11.6. The fourth-order valence-electron chi connectivity index (χ4n) is 9.22. The van der Waals surface area contributed by atoms with E-state index in [1.165, 1.54) is 59.8 Å². The lowest BCUT2D eigenvalue weighted by molar-refractivity contribution is 0.666. The van der Waals surface area contributed by atoms with Gasteiger partial charge in [0.05, 0.1) is 27.6 Å². The van der Waals surface area contributed by atoms with E-state index in [-0.39, 0.29) is 0 Å². The first kappa shape index (κ1) is 29.0. The molecule has 5 heterocycles. The average Bonchev–Trinajstić information content (AvgIpc) is 3.98. The van der Waals surface area contributed by atoms with Crippen molar-refractivity contribution in [3.05, 3.63) is 170 Å². The maximum atomic E-state index is 6.59. The molecule has 0 saturated carbocycles. The molecule has 5 heteroatoms. The third-order valence-corrected chi connectivity index (χ3v) is 11.6. The van der Waals surface area contributed by atoms with Crippen molar-refractivity contribution < 1.29 is 4.42 Å². The molecule has 0 unspecified atom stereocenters. The molecule has 13 rings (SSSR count). The Balaban J connectivity index is 1.20. The number of furan rings is 1. The van der Waals surface area contributed by atoms with Crippen LogP contribution in [-0.4, -0.2) is 18.9 Å². The highest BCUT2D eigenvalue weighted by atomic mass is 16.3. The Kier molecular flexibility index (Phi) is 5.57. The molecule has 0 radical (unpaired) electrons. The van der Waals surface area contributed by atoms with Crippen LogP contribution >= 0.6 is 0 Å². The van der Waals surface area contributed by atoms with E-state index < -0.39 is 0 Å². The van der Waals surface area contributed by atoms with Crippen LogP contribution in [0.4, 0.5) is 0 Å². The maximum absolute atomic E-state index is 6.59. The van der Waals surface area contributed by atoms with Crippen molar-refractivity contribution in [1.29, 1.82) is 0 Å². The second-order valence-corrected chi connectivity index (χ2v) is 14.6. The minimum absolute atomic E-state index is 0.611. The molecule has 5 nitrogen and oxygen atoms in total. The van der Waals surface area contributed by atoms with Gasteiger partial charge in [0.25, 0.3) is 0 Å². The van der Waals surface area contributed by atoms with Gasteiger partial charge in [-0.25, -0.2) is 9.97 Å². The molecule has 0 fully saturated rings. The Morgan fingerprint density at radius 2 is 1.04 bits per heavy atom. The van der Waals surface area contributed by atoms with E-state index in [1.54, 1.807) is 0 Å². The highest BCUT2D eigenvalue weighted by Crippen LogP contribution is 2.47. The number of para-hydroxylation sites is 3. The van der Waals surface area contributed by atoms with Crippen LogP contribution in [-0.2, 0) is 0 Å². The monoisotopic (exact) mass is 700 g/mol. The largest absolute Gasteiger partial charge is 0.452 e. The first-order chi connectivity index (χ1) is 27.3. The van der Waals surface area contributed by atoms with Gasteiger partial charge in [0.2, 0.25) is 5.95 Å². The van der Waals surface area contributed by atoms with Crippen molar-refractivity contribution in [2.45, 2.75) is 0 Å². The van der Waals surface area contributed by atoms with E-state index in [4.69, 9.17) is 14.4 Å². The van der Waals surface area contributed by atoms with Gasteiger partial charge in [0.15, 0.2) is 5.58 Å². The van der Waals surface area contributed by atoms with E-state index >= 15 is 0 Å². The number of hydrogen-bond acceptors (Lipinski definition) is 3. The van der Waals surface area contributed by atoms with Gasteiger partial charge in [-0.05, 0) is 64.4 Å². The standard InChI is InChI=1S/C50H28N4O/c1-2-12-29(13-3-1)30-22-24-31(25-23-30)45-49-46(36-18-8-11-21-43(36)55-49)52-50(51-45)54-41-20-10-7-17-35(41)38-28-37-34-16-6-9-19-40(34)53-42-27-33-15-5-4-14-32(33)26-39(42)44(47(37)53)48(38)54/h1-28H. The smallest absolute Gasteiger partial charge is 0.236 e. The van der Waals surface area contributed by atoms with E-state index in [1.807, 2.05) is 24.3 Å². The first-order valence-corrected chi connectivity index (χ1v) is 18.7. The predicted octanol–water partition coefficient (Wildman–Crippen LogP) is 13.1. The molecule has 0 aliphatic carbocycles. The maximum Gasteiger partial charge on any atom is 0.236 e. The van der Waals surface area contributed by atoms with Crippen LogP contribution in [0.3, 0.4) is 0 Å². The molecule has 55 heavy (non-hydrogen) atoms. The van der Waals surface area contributed by atoms with Crippen LogP contribution in [0, 0.1) is 0 Å². The molecule has 5 aromatic heterocycles. The van der Waals surface area contributed by atoms with Crippen molar-refractivity contribution >= 4 is 92.7 Å². The molecule has 0 saturated heterocycles. The normalized spacial score (nSPS) is 12.4. The van der Waals surface area contributed by atoms with Crippen LogP contribution in [0.1, 0.15) is 0 Å². The summed E-state index contributed by atoms with van der Waals surface area (Å²) in [6, 6.07) is 60.5. The van der Waals surface area contributed by atoms with Crippen molar-refractivity contribution in [2.75, 3.05) is 0 Å². The molecule has 0 aliphatic rings. The lowest BCUT2D eigenvalue weighted by Gasteiger charge is -2.11. The molecule has 8 aromatic carbocycles. The van der Waals surface area contributed by atoms with Crippen LogP contribution in [0.25, 0.3) is 121 Å². The van der Waals surface area contributed by atoms with Gasteiger partial charge >= 0.3 is 0 Å². The quantitative estimate of drug-likeness (QED) is 0.184. The van der Waals surface area contributed by atoms with Crippen molar-refractivity contribution in [3.63, 3.8) is 0 Å². The van der Waals surface area contributed by atoms with Gasteiger partial charge in [0.1, 0.15) is 16.8 Å². The second-order valence-electron chi connectivity index (χ2n) is 14.6. The minimum Gasteiger partial charge on any atom is -0.452 e. The molecule has 13 aromatic rings. The highest BCUT2D eigenvalue weighted by Gasteiger charge is 2.27. The van der Waals surface area contributed by atoms with E-state index in [0.717, 1.165) is 49.7 Å². The zero-order valence-corrected chi connectivity index (χ0v) is 29.4. The van der Waals surface area contributed by atoms with Crippen LogP contribution < -0.4 is 0 Å². The summed E-state index contributed by atoms with van der Waals surface area (Å²) in [5, 5.41) is 10.7. The number of rotatable bonds is 3.